The first-order chi connectivity index (χ1) is 9.60. The van der Waals surface area contributed by atoms with E-state index in [-0.39, 0.29) is 11.4 Å². The minimum Gasteiger partial charge on any atom is -0.296 e. The van der Waals surface area contributed by atoms with Crippen molar-refractivity contribution in [1.29, 1.82) is 0 Å². The van der Waals surface area contributed by atoms with Gasteiger partial charge in [-0.3, -0.25) is 24.4 Å². The van der Waals surface area contributed by atoms with Crippen LogP contribution in [-0.4, -0.2) is 38.8 Å². The fourth-order valence-corrected chi connectivity index (χ4v) is 1.19. The third kappa shape index (κ3) is 4.45. The lowest BCUT2D eigenvalue weighted by atomic mass is 10.3. The van der Waals surface area contributed by atoms with Crippen LogP contribution >= 0.6 is 0 Å². The lowest BCUT2D eigenvalue weighted by Gasteiger charge is -1.94. The summed E-state index contributed by atoms with van der Waals surface area (Å²) in [7, 11) is 0. The van der Waals surface area contributed by atoms with E-state index in [2.05, 4.69) is 19.9 Å². The average molecular weight is 272 g/mol. The Hall–Kier alpha value is -2.83. The first-order valence-electron chi connectivity index (χ1n) is 5.58. The molecule has 0 aliphatic rings. The zero-order valence-corrected chi connectivity index (χ0v) is 11.0. The molecule has 2 aromatic rings. The second-order valence-corrected chi connectivity index (χ2v) is 3.70. The number of carbonyl (C=O) groups excluding carboxylic acids is 3. The normalized spacial score (nSPS) is 9.10. The largest absolute Gasteiger partial charge is 0.296 e. The van der Waals surface area contributed by atoms with Crippen molar-refractivity contribution in [3.63, 3.8) is 0 Å². The quantitative estimate of drug-likeness (QED) is 0.768. The molecule has 0 fully saturated rings. The topological polar surface area (TPSA) is 103 Å². The predicted molar refractivity (Wildman–Crippen MR) is 69.7 cm³/mol. The number of aryl methyl sites for hydroxylation is 2. The molecule has 0 atom stereocenters. The molecule has 7 heteroatoms. The van der Waals surface area contributed by atoms with E-state index in [1.807, 2.05) is 0 Å². The molecule has 0 unspecified atom stereocenters. The minimum atomic E-state index is 0.178. The Morgan fingerprint density at radius 3 is 2.00 bits per heavy atom. The van der Waals surface area contributed by atoms with Crippen molar-refractivity contribution in [3.8, 4) is 0 Å². The zero-order valence-electron chi connectivity index (χ0n) is 11.0. The molecule has 20 heavy (non-hydrogen) atoms. The van der Waals surface area contributed by atoms with Gasteiger partial charge in [0.2, 0.25) is 0 Å². The maximum atomic E-state index is 10.3. The second-order valence-electron chi connectivity index (χ2n) is 3.70. The number of rotatable bonds is 3. The van der Waals surface area contributed by atoms with E-state index in [0.717, 1.165) is 5.69 Å². The van der Waals surface area contributed by atoms with E-state index in [1.54, 1.807) is 20.0 Å². The highest BCUT2D eigenvalue weighted by Crippen LogP contribution is 1.97. The van der Waals surface area contributed by atoms with Gasteiger partial charge < -0.3 is 0 Å². The van der Waals surface area contributed by atoms with Gasteiger partial charge in [0.05, 0.1) is 23.8 Å². The summed E-state index contributed by atoms with van der Waals surface area (Å²) in [6, 6.07) is 0. The van der Waals surface area contributed by atoms with Crippen LogP contribution < -0.4 is 0 Å². The van der Waals surface area contributed by atoms with Gasteiger partial charge in [-0.15, -0.1) is 0 Å². The summed E-state index contributed by atoms with van der Waals surface area (Å²) in [6.07, 6.45) is 6.18. The van der Waals surface area contributed by atoms with E-state index >= 15 is 0 Å². The Labute approximate surface area is 115 Å². The van der Waals surface area contributed by atoms with Crippen LogP contribution in [0.1, 0.15) is 42.9 Å². The molecule has 2 heterocycles. The molecule has 0 N–H and O–H groups in total. The molecule has 0 saturated carbocycles. The summed E-state index contributed by atoms with van der Waals surface area (Å²) < 4.78 is 0. The molecule has 2 rings (SSSR count). The van der Waals surface area contributed by atoms with Gasteiger partial charge >= 0.3 is 0 Å². The van der Waals surface area contributed by atoms with Gasteiger partial charge in [0, 0.05) is 6.20 Å². The van der Waals surface area contributed by atoms with Crippen LogP contribution in [0, 0.1) is 13.8 Å². The summed E-state index contributed by atoms with van der Waals surface area (Å²) in [5.41, 5.74) is 2.08. The van der Waals surface area contributed by atoms with Crippen LogP contribution in [0.2, 0.25) is 0 Å². The molecule has 102 valence electrons. The van der Waals surface area contributed by atoms with Gasteiger partial charge in [0.15, 0.2) is 18.9 Å². The molecule has 0 aliphatic heterocycles. The maximum absolute atomic E-state index is 10.3. The van der Waals surface area contributed by atoms with E-state index < -0.39 is 0 Å². The fourth-order valence-electron chi connectivity index (χ4n) is 1.19. The molecule has 0 bridgehead atoms. The third-order valence-corrected chi connectivity index (χ3v) is 2.14. The van der Waals surface area contributed by atoms with Crippen LogP contribution in [-0.2, 0) is 0 Å². The summed E-state index contributed by atoms with van der Waals surface area (Å²) in [5, 5.41) is 0. The molecule has 0 spiro atoms. The monoisotopic (exact) mass is 272 g/mol. The highest BCUT2D eigenvalue weighted by Gasteiger charge is 2.00. The van der Waals surface area contributed by atoms with Gasteiger partial charge in [0.1, 0.15) is 17.1 Å². The Balaban J connectivity index is 0.000000204. The van der Waals surface area contributed by atoms with Gasteiger partial charge in [-0.1, -0.05) is 0 Å². The third-order valence-electron chi connectivity index (χ3n) is 2.14. The number of aldehydes is 3. The van der Waals surface area contributed by atoms with Gasteiger partial charge in [-0.05, 0) is 13.8 Å². The van der Waals surface area contributed by atoms with Crippen molar-refractivity contribution < 1.29 is 14.4 Å². The molecule has 0 amide bonds. The molecule has 0 aliphatic carbocycles. The van der Waals surface area contributed by atoms with Crippen molar-refractivity contribution >= 4 is 18.9 Å². The predicted octanol–water partition coefficient (Wildman–Crippen LogP) is 1.01. The Bertz CT molecular complexity index is 629. The number of hydrogen-bond donors (Lipinski definition) is 0. The molecular formula is C13H12N4O3. The molecule has 7 nitrogen and oxygen atoms in total. The Morgan fingerprint density at radius 2 is 1.50 bits per heavy atom. The summed E-state index contributed by atoms with van der Waals surface area (Å²) in [5.74, 6) is 0. The second kappa shape index (κ2) is 7.57. The van der Waals surface area contributed by atoms with Crippen LogP contribution in [0.15, 0.2) is 18.6 Å². The lowest BCUT2D eigenvalue weighted by Crippen LogP contribution is -1.98. The molecule has 0 radical (unpaired) electrons. The first kappa shape index (κ1) is 15.2. The van der Waals surface area contributed by atoms with E-state index in [0.29, 0.717) is 30.2 Å². The highest BCUT2D eigenvalue weighted by atomic mass is 16.1. The minimum absolute atomic E-state index is 0.178. The average Bonchev–Trinajstić information content (AvgIpc) is 2.48. The van der Waals surface area contributed by atoms with Gasteiger partial charge in [-0.25, -0.2) is 9.97 Å². The Morgan fingerprint density at radius 1 is 0.850 bits per heavy atom. The number of aromatic nitrogens is 4. The standard InChI is InChI=1S/C7H6N2O2.C6H6N2O/c1-5-7(4-11)9-6(3-10)2-8-5;1-5-2-7-3-6(4-9)8-5/h2-4H,1H3;2-4H,1H3. The SMILES string of the molecule is Cc1cncc(C=O)n1.Cc1ncc(C=O)nc1C=O. The van der Waals surface area contributed by atoms with Gasteiger partial charge in [0.25, 0.3) is 0 Å². The van der Waals surface area contributed by atoms with Crippen LogP contribution in [0.5, 0.6) is 0 Å². The van der Waals surface area contributed by atoms with Crippen molar-refractivity contribution in [1.82, 2.24) is 19.9 Å². The van der Waals surface area contributed by atoms with E-state index in [4.69, 9.17) is 0 Å². The summed E-state index contributed by atoms with van der Waals surface area (Å²) in [6.45, 7) is 3.45. The van der Waals surface area contributed by atoms with Crippen molar-refractivity contribution in [2.45, 2.75) is 13.8 Å². The zero-order chi connectivity index (χ0) is 15.0. The van der Waals surface area contributed by atoms with Crippen LogP contribution in [0.4, 0.5) is 0 Å². The van der Waals surface area contributed by atoms with Crippen LogP contribution in [0.3, 0.4) is 0 Å². The molecule has 2 aromatic heterocycles. The van der Waals surface area contributed by atoms with Crippen molar-refractivity contribution in [2.75, 3.05) is 0 Å². The molecule has 0 saturated heterocycles. The van der Waals surface area contributed by atoms with Crippen LogP contribution in [0.25, 0.3) is 0 Å². The maximum Gasteiger partial charge on any atom is 0.170 e. The number of carbonyl (C=O) groups is 3. The van der Waals surface area contributed by atoms with Gasteiger partial charge in [-0.2, -0.15) is 0 Å². The summed E-state index contributed by atoms with van der Waals surface area (Å²) in [4.78, 5) is 45.6. The van der Waals surface area contributed by atoms with Crippen molar-refractivity contribution in [3.05, 3.63) is 47.1 Å². The number of nitrogens with zero attached hydrogens (tertiary/aromatic N) is 4. The summed E-state index contributed by atoms with van der Waals surface area (Å²) >= 11 is 0. The highest BCUT2D eigenvalue weighted by molar-refractivity contribution is 5.77. The van der Waals surface area contributed by atoms with E-state index in [1.165, 1.54) is 12.4 Å². The molecular weight excluding hydrogens is 260 g/mol. The Kier molecular flexibility index (Phi) is 5.76. The smallest absolute Gasteiger partial charge is 0.170 e. The first-order valence-corrected chi connectivity index (χ1v) is 5.58. The van der Waals surface area contributed by atoms with E-state index in [9.17, 15) is 14.4 Å². The number of hydrogen-bond acceptors (Lipinski definition) is 7. The lowest BCUT2D eigenvalue weighted by molar-refractivity contribution is 0.110. The van der Waals surface area contributed by atoms with Crippen molar-refractivity contribution in [2.24, 2.45) is 0 Å². The fraction of sp³-hybridized carbons (Fsp3) is 0.154. The molecule has 0 aromatic carbocycles.